The van der Waals surface area contributed by atoms with E-state index in [0.717, 1.165) is 38.0 Å². The number of benzene rings is 3. The first-order valence-electron chi connectivity index (χ1n) is 13.5. The Morgan fingerprint density at radius 2 is 1.80 bits per heavy atom. The summed E-state index contributed by atoms with van der Waals surface area (Å²) in [6.45, 7) is 9.21. The van der Waals surface area contributed by atoms with Crippen LogP contribution in [-0.2, 0) is 22.7 Å². The Bertz CT molecular complexity index is 1690. The number of thioether (sulfide) groups is 1. The standard InChI is InChI=1S/C33H33ClN2O4S/c1-5-39-30(32(37)38)29-31(41-33(2,3)4)26-18-25(40-20-24-15-12-22-8-6-7-9-27(22)35-24)16-17-28(26)36(29)19-21-10-13-23(34)14-11-21/h6-18,30H,5,19-20H2,1-4H3,(H,37,38). The number of carboxylic acids is 1. The van der Waals surface area contributed by atoms with Crippen molar-refractivity contribution in [3.8, 4) is 5.75 Å². The van der Waals surface area contributed by atoms with Crippen LogP contribution >= 0.6 is 23.4 Å². The minimum atomic E-state index is -1.13. The van der Waals surface area contributed by atoms with Crippen LogP contribution in [-0.4, -0.2) is 32.0 Å². The van der Waals surface area contributed by atoms with Gasteiger partial charge >= 0.3 is 5.97 Å². The van der Waals surface area contributed by atoms with Gasteiger partial charge < -0.3 is 19.1 Å². The molecule has 0 saturated heterocycles. The van der Waals surface area contributed by atoms with Gasteiger partial charge in [0.1, 0.15) is 12.4 Å². The van der Waals surface area contributed by atoms with Crippen molar-refractivity contribution in [1.29, 1.82) is 0 Å². The molecular formula is C33H33ClN2O4S. The van der Waals surface area contributed by atoms with Gasteiger partial charge in [0.2, 0.25) is 0 Å². The van der Waals surface area contributed by atoms with Crippen molar-refractivity contribution in [3.63, 3.8) is 0 Å². The maximum atomic E-state index is 12.6. The van der Waals surface area contributed by atoms with Crippen LogP contribution in [0.15, 0.2) is 83.8 Å². The van der Waals surface area contributed by atoms with E-state index in [4.69, 9.17) is 26.1 Å². The maximum absolute atomic E-state index is 12.6. The van der Waals surface area contributed by atoms with Gasteiger partial charge in [0.25, 0.3) is 0 Å². The Kier molecular flexibility index (Phi) is 8.59. The molecule has 5 rings (SSSR count). The van der Waals surface area contributed by atoms with Crippen LogP contribution in [0.2, 0.25) is 5.02 Å². The van der Waals surface area contributed by atoms with Crippen LogP contribution < -0.4 is 4.74 Å². The summed E-state index contributed by atoms with van der Waals surface area (Å²) in [5, 5.41) is 12.9. The molecule has 0 aliphatic heterocycles. The van der Waals surface area contributed by atoms with Gasteiger partial charge in [0.05, 0.1) is 22.4 Å². The second kappa shape index (κ2) is 12.1. The van der Waals surface area contributed by atoms with Crippen LogP contribution in [0.5, 0.6) is 5.75 Å². The lowest BCUT2D eigenvalue weighted by Crippen LogP contribution is -2.21. The van der Waals surface area contributed by atoms with Gasteiger partial charge in [0, 0.05) is 38.6 Å². The molecule has 0 bridgehead atoms. The summed E-state index contributed by atoms with van der Waals surface area (Å²) in [6, 6.07) is 25.5. The van der Waals surface area contributed by atoms with Crippen molar-refractivity contribution in [2.24, 2.45) is 0 Å². The lowest BCUT2D eigenvalue weighted by Gasteiger charge is -2.22. The largest absolute Gasteiger partial charge is 0.487 e. The van der Waals surface area contributed by atoms with Crippen LogP contribution in [0.4, 0.5) is 0 Å². The number of aliphatic carboxylic acids is 1. The lowest BCUT2D eigenvalue weighted by molar-refractivity contribution is -0.151. The van der Waals surface area contributed by atoms with E-state index in [1.807, 2.05) is 85.8 Å². The molecule has 6 nitrogen and oxygen atoms in total. The third-order valence-corrected chi connectivity index (χ3v) is 8.04. The van der Waals surface area contributed by atoms with Crippen molar-refractivity contribution in [2.75, 3.05) is 6.61 Å². The first kappa shape index (κ1) is 29.0. The molecule has 1 atom stereocenters. The monoisotopic (exact) mass is 588 g/mol. The number of carboxylic acid groups (broad SMARTS) is 1. The molecule has 41 heavy (non-hydrogen) atoms. The van der Waals surface area contributed by atoms with Crippen LogP contribution in [0.3, 0.4) is 0 Å². The minimum Gasteiger partial charge on any atom is -0.487 e. The molecule has 0 saturated carbocycles. The molecule has 212 valence electrons. The zero-order chi connectivity index (χ0) is 29.1. The highest BCUT2D eigenvalue weighted by atomic mass is 35.5. The Morgan fingerprint density at radius 1 is 1.05 bits per heavy atom. The third-order valence-electron chi connectivity index (χ3n) is 6.54. The molecule has 0 radical (unpaired) electrons. The fourth-order valence-electron chi connectivity index (χ4n) is 4.81. The number of rotatable bonds is 10. The van der Waals surface area contributed by atoms with Gasteiger partial charge in [-0.05, 0) is 55.0 Å². The molecule has 8 heteroatoms. The van der Waals surface area contributed by atoms with E-state index in [9.17, 15) is 9.90 Å². The molecule has 0 spiro atoms. The number of ether oxygens (including phenoxy) is 2. The summed E-state index contributed by atoms with van der Waals surface area (Å²) in [6.07, 6.45) is -1.13. The van der Waals surface area contributed by atoms with Crippen LogP contribution in [0, 0.1) is 0 Å². The van der Waals surface area contributed by atoms with Gasteiger partial charge in [-0.15, -0.1) is 11.8 Å². The molecule has 2 heterocycles. The highest BCUT2D eigenvalue weighted by molar-refractivity contribution is 8.00. The van der Waals surface area contributed by atoms with Gasteiger partial charge in [-0.1, -0.05) is 68.8 Å². The SMILES string of the molecule is CCOC(C(=O)O)c1c(SC(C)(C)C)c2cc(OCc3ccc4ccccc4n3)ccc2n1Cc1ccc(Cl)cc1. The van der Waals surface area contributed by atoms with E-state index in [1.54, 1.807) is 11.8 Å². The third kappa shape index (κ3) is 6.70. The van der Waals surface area contributed by atoms with Crippen molar-refractivity contribution >= 4 is 51.1 Å². The number of nitrogens with zero attached hydrogens (tertiary/aromatic N) is 2. The van der Waals surface area contributed by atoms with Gasteiger partial charge in [-0.2, -0.15) is 0 Å². The molecule has 0 amide bonds. The number of halogens is 1. The van der Waals surface area contributed by atoms with Crippen molar-refractivity contribution in [3.05, 3.63) is 101 Å². The number of hydrogen-bond acceptors (Lipinski definition) is 5. The number of pyridine rings is 1. The average molecular weight is 589 g/mol. The van der Waals surface area contributed by atoms with E-state index >= 15 is 0 Å². The number of hydrogen-bond donors (Lipinski definition) is 1. The maximum Gasteiger partial charge on any atom is 0.339 e. The smallest absolute Gasteiger partial charge is 0.339 e. The molecule has 3 aromatic carbocycles. The first-order valence-corrected chi connectivity index (χ1v) is 14.7. The van der Waals surface area contributed by atoms with E-state index < -0.39 is 12.1 Å². The minimum absolute atomic E-state index is 0.185. The quantitative estimate of drug-likeness (QED) is 0.165. The predicted octanol–water partition coefficient (Wildman–Crippen LogP) is 8.52. The number of fused-ring (bicyclic) bond motifs is 2. The van der Waals surface area contributed by atoms with Crippen LogP contribution in [0.1, 0.15) is 50.8 Å². The number of aromatic nitrogens is 2. The Morgan fingerprint density at radius 3 is 2.51 bits per heavy atom. The molecule has 1 N–H and O–H groups in total. The average Bonchev–Trinajstić information content (AvgIpc) is 3.21. The summed E-state index contributed by atoms with van der Waals surface area (Å²) in [5.41, 5.74) is 4.29. The van der Waals surface area contributed by atoms with E-state index in [-0.39, 0.29) is 11.4 Å². The Balaban J connectivity index is 1.60. The van der Waals surface area contributed by atoms with E-state index in [0.29, 0.717) is 29.6 Å². The van der Waals surface area contributed by atoms with Crippen molar-refractivity contribution in [2.45, 2.75) is 56.6 Å². The highest BCUT2D eigenvalue weighted by Gasteiger charge is 2.32. The number of carbonyl (C=O) groups is 1. The summed E-state index contributed by atoms with van der Waals surface area (Å²) in [5.74, 6) is -0.344. The topological polar surface area (TPSA) is 73.6 Å². The Hall–Kier alpha value is -3.52. The summed E-state index contributed by atoms with van der Waals surface area (Å²) in [4.78, 5) is 18.2. The second-order valence-electron chi connectivity index (χ2n) is 10.8. The zero-order valence-electron chi connectivity index (χ0n) is 23.6. The van der Waals surface area contributed by atoms with Gasteiger partial charge in [0.15, 0.2) is 6.10 Å². The highest BCUT2D eigenvalue weighted by Crippen LogP contribution is 2.45. The molecule has 1 unspecified atom stereocenters. The van der Waals surface area contributed by atoms with Gasteiger partial charge in [-0.25, -0.2) is 9.78 Å². The fourth-order valence-corrected chi connectivity index (χ4v) is 6.14. The van der Waals surface area contributed by atoms with Gasteiger partial charge in [-0.3, -0.25) is 0 Å². The first-order chi connectivity index (χ1) is 19.6. The molecule has 0 aliphatic carbocycles. The fraction of sp³-hybridized carbons (Fsp3) is 0.273. The van der Waals surface area contributed by atoms with Crippen molar-refractivity contribution < 1.29 is 19.4 Å². The molecule has 0 fully saturated rings. The summed E-state index contributed by atoms with van der Waals surface area (Å²) >= 11 is 7.78. The molecule has 5 aromatic rings. The Labute approximate surface area is 249 Å². The summed E-state index contributed by atoms with van der Waals surface area (Å²) in [7, 11) is 0. The zero-order valence-corrected chi connectivity index (χ0v) is 25.1. The van der Waals surface area contributed by atoms with Crippen molar-refractivity contribution in [1.82, 2.24) is 9.55 Å². The van der Waals surface area contributed by atoms with E-state index in [1.165, 1.54) is 0 Å². The normalized spacial score (nSPS) is 12.6. The summed E-state index contributed by atoms with van der Waals surface area (Å²) < 4.78 is 13.9. The second-order valence-corrected chi connectivity index (χ2v) is 13.1. The van der Waals surface area contributed by atoms with E-state index in [2.05, 4.69) is 25.3 Å². The predicted molar refractivity (Wildman–Crippen MR) is 166 cm³/mol. The lowest BCUT2D eigenvalue weighted by atomic mass is 10.2. The number of para-hydroxylation sites is 1. The van der Waals surface area contributed by atoms with Crippen LogP contribution in [0.25, 0.3) is 21.8 Å². The molecule has 0 aliphatic rings. The molecular weight excluding hydrogens is 556 g/mol. The molecule has 2 aromatic heterocycles.